The molecule has 0 fully saturated rings. The van der Waals surface area contributed by atoms with Gasteiger partial charge in [-0.05, 0) is 24.1 Å². The Labute approximate surface area is 202 Å². The molecule has 0 spiro atoms. The summed E-state index contributed by atoms with van der Waals surface area (Å²) in [6.45, 7) is 5.28. The van der Waals surface area contributed by atoms with E-state index >= 15 is 0 Å². The first-order chi connectivity index (χ1) is 16.6. The van der Waals surface area contributed by atoms with Crippen molar-refractivity contribution in [3.63, 3.8) is 0 Å². The maximum absolute atomic E-state index is 12.4. The maximum Gasteiger partial charge on any atom is 0.308 e. The fourth-order valence-corrected chi connectivity index (χ4v) is 3.45. The number of unbranched alkanes of at least 4 members (excludes halogenated alkanes) is 4. The van der Waals surface area contributed by atoms with Crippen LogP contribution in [0, 0.1) is 0 Å². The van der Waals surface area contributed by atoms with E-state index in [4.69, 9.17) is 29.4 Å². The molecule has 1 heterocycles. The summed E-state index contributed by atoms with van der Waals surface area (Å²) in [5.41, 5.74) is 6.09. The topological polar surface area (TPSA) is 118 Å². The SMILES string of the molecule is CCCCCCCC(=O)NCC(OC(=O)CCOCCOCCN)c1ccc2c(c1)OCCO2. The number of amides is 1. The minimum Gasteiger partial charge on any atom is -0.486 e. The van der Waals surface area contributed by atoms with Gasteiger partial charge in [0, 0.05) is 13.0 Å². The quantitative estimate of drug-likeness (QED) is 0.243. The first-order valence-corrected chi connectivity index (χ1v) is 12.3. The molecule has 9 heteroatoms. The molecule has 0 saturated heterocycles. The van der Waals surface area contributed by atoms with Crippen molar-refractivity contribution in [2.24, 2.45) is 5.73 Å². The molecule has 1 aliphatic rings. The molecule has 192 valence electrons. The summed E-state index contributed by atoms with van der Waals surface area (Å²) >= 11 is 0. The summed E-state index contributed by atoms with van der Waals surface area (Å²) < 4.78 is 27.6. The van der Waals surface area contributed by atoms with E-state index < -0.39 is 12.1 Å². The number of hydrogen-bond donors (Lipinski definition) is 2. The number of ether oxygens (including phenoxy) is 5. The van der Waals surface area contributed by atoms with Crippen molar-refractivity contribution in [2.45, 2.75) is 58.0 Å². The van der Waals surface area contributed by atoms with Gasteiger partial charge in [-0.15, -0.1) is 0 Å². The molecule has 0 radical (unpaired) electrons. The second-order valence-corrected chi connectivity index (χ2v) is 8.11. The van der Waals surface area contributed by atoms with Crippen LogP contribution in [0.1, 0.15) is 63.5 Å². The van der Waals surface area contributed by atoms with E-state index in [1.165, 1.54) is 12.8 Å². The third kappa shape index (κ3) is 11.2. The lowest BCUT2D eigenvalue weighted by atomic mass is 10.1. The van der Waals surface area contributed by atoms with Gasteiger partial charge in [-0.2, -0.15) is 0 Å². The highest BCUT2D eigenvalue weighted by molar-refractivity contribution is 5.76. The minimum absolute atomic E-state index is 0.0455. The Bertz CT molecular complexity index is 729. The molecular formula is C25H40N2O7. The van der Waals surface area contributed by atoms with Crippen LogP contribution in [0.4, 0.5) is 0 Å². The number of hydrogen-bond acceptors (Lipinski definition) is 8. The van der Waals surface area contributed by atoms with Gasteiger partial charge in [0.25, 0.3) is 0 Å². The van der Waals surface area contributed by atoms with Crippen molar-refractivity contribution in [1.82, 2.24) is 5.32 Å². The maximum atomic E-state index is 12.4. The molecule has 1 aromatic rings. The number of benzene rings is 1. The zero-order valence-electron chi connectivity index (χ0n) is 20.4. The van der Waals surface area contributed by atoms with Gasteiger partial charge < -0.3 is 34.7 Å². The van der Waals surface area contributed by atoms with Gasteiger partial charge in [0.05, 0.1) is 39.4 Å². The van der Waals surface area contributed by atoms with Gasteiger partial charge in [0.2, 0.25) is 5.91 Å². The first-order valence-electron chi connectivity index (χ1n) is 12.3. The third-order valence-corrected chi connectivity index (χ3v) is 5.29. The Balaban J connectivity index is 1.86. The van der Waals surface area contributed by atoms with Crippen molar-refractivity contribution in [2.75, 3.05) is 52.7 Å². The van der Waals surface area contributed by atoms with Crippen molar-refractivity contribution in [3.8, 4) is 11.5 Å². The van der Waals surface area contributed by atoms with Crippen LogP contribution in [0.3, 0.4) is 0 Å². The molecule has 1 aromatic carbocycles. The summed E-state index contributed by atoms with van der Waals surface area (Å²) in [6, 6.07) is 5.42. The van der Waals surface area contributed by atoms with E-state index in [0.29, 0.717) is 57.5 Å². The summed E-state index contributed by atoms with van der Waals surface area (Å²) in [6.07, 6.45) is 5.32. The lowest BCUT2D eigenvalue weighted by molar-refractivity contribution is -0.151. The zero-order chi connectivity index (χ0) is 24.4. The van der Waals surface area contributed by atoms with Crippen LogP contribution in [0.15, 0.2) is 18.2 Å². The first kappa shape index (κ1) is 27.9. The van der Waals surface area contributed by atoms with Gasteiger partial charge in [-0.3, -0.25) is 9.59 Å². The molecule has 0 aromatic heterocycles. The molecule has 9 nitrogen and oxygen atoms in total. The third-order valence-electron chi connectivity index (χ3n) is 5.29. The van der Waals surface area contributed by atoms with Crippen molar-refractivity contribution < 1.29 is 33.3 Å². The summed E-state index contributed by atoms with van der Waals surface area (Å²) in [7, 11) is 0. The molecule has 0 bridgehead atoms. The van der Waals surface area contributed by atoms with Gasteiger partial charge in [0.15, 0.2) is 11.5 Å². The Morgan fingerprint density at radius 3 is 2.47 bits per heavy atom. The van der Waals surface area contributed by atoms with E-state index in [9.17, 15) is 9.59 Å². The van der Waals surface area contributed by atoms with E-state index in [1.807, 2.05) is 6.07 Å². The van der Waals surface area contributed by atoms with Crippen LogP contribution >= 0.6 is 0 Å². The van der Waals surface area contributed by atoms with Crippen molar-refractivity contribution in [1.29, 1.82) is 0 Å². The van der Waals surface area contributed by atoms with E-state index in [2.05, 4.69) is 12.2 Å². The van der Waals surface area contributed by atoms with Gasteiger partial charge in [0.1, 0.15) is 19.3 Å². The van der Waals surface area contributed by atoms with Crippen LogP contribution in [0.5, 0.6) is 11.5 Å². The highest BCUT2D eigenvalue weighted by Gasteiger charge is 2.21. The fraction of sp³-hybridized carbons (Fsp3) is 0.680. The second-order valence-electron chi connectivity index (χ2n) is 8.11. The molecule has 3 N–H and O–H groups in total. The molecule has 2 rings (SSSR count). The van der Waals surface area contributed by atoms with Gasteiger partial charge in [-0.25, -0.2) is 0 Å². The number of carbonyl (C=O) groups is 2. The minimum atomic E-state index is -0.639. The number of rotatable bonds is 18. The Kier molecular flexibility index (Phi) is 14.0. The highest BCUT2D eigenvalue weighted by atomic mass is 16.6. The van der Waals surface area contributed by atoms with Crippen LogP contribution in [0.25, 0.3) is 0 Å². The number of nitrogens with one attached hydrogen (secondary N) is 1. The predicted molar refractivity (Wildman–Crippen MR) is 128 cm³/mol. The smallest absolute Gasteiger partial charge is 0.308 e. The zero-order valence-corrected chi connectivity index (χ0v) is 20.4. The largest absolute Gasteiger partial charge is 0.486 e. The summed E-state index contributed by atoms with van der Waals surface area (Å²) in [5.74, 6) is 0.807. The number of nitrogens with two attached hydrogens (primary N) is 1. The molecular weight excluding hydrogens is 440 g/mol. The molecule has 1 aliphatic heterocycles. The number of esters is 1. The van der Waals surface area contributed by atoms with Crippen LogP contribution in [-0.4, -0.2) is 64.6 Å². The van der Waals surface area contributed by atoms with Crippen molar-refractivity contribution >= 4 is 11.9 Å². The Morgan fingerprint density at radius 2 is 1.71 bits per heavy atom. The molecule has 1 atom stereocenters. The highest BCUT2D eigenvalue weighted by Crippen LogP contribution is 2.33. The van der Waals surface area contributed by atoms with E-state index in [1.54, 1.807) is 12.1 Å². The van der Waals surface area contributed by atoms with Gasteiger partial charge in [-0.1, -0.05) is 38.7 Å². The van der Waals surface area contributed by atoms with Crippen LogP contribution in [-0.2, 0) is 23.8 Å². The lowest BCUT2D eigenvalue weighted by Crippen LogP contribution is -2.30. The average Bonchev–Trinajstić information content (AvgIpc) is 2.85. The molecule has 0 aliphatic carbocycles. The Morgan fingerprint density at radius 1 is 0.971 bits per heavy atom. The van der Waals surface area contributed by atoms with Crippen LogP contribution in [0.2, 0.25) is 0 Å². The van der Waals surface area contributed by atoms with Crippen molar-refractivity contribution in [3.05, 3.63) is 23.8 Å². The normalized spacial score (nSPS) is 13.4. The molecule has 0 saturated carbocycles. The molecule has 1 amide bonds. The summed E-state index contributed by atoms with van der Waals surface area (Å²) in [4.78, 5) is 24.8. The van der Waals surface area contributed by atoms with E-state index in [0.717, 1.165) is 24.8 Å². The lowest BCUT2D eigenvalue weighted by Gasteiger charge is -2.23. The van der Waals surface area contributed by atoms with Crippen LogP contribution < -0.4 is 20.5 Å². The predicted octanol–water partition coefficient (Wildman–Crippen LogP) is 2.90. The second kappa shape index (κ2) is 17.1. The molecule has 34 heavy (non-hydrogen) atoms. The number of carbonyl (C=O) groups excluding carboxylic acids is 2. The van der Waals surface area contributed by atoms with Gasteiger partial charge >= 0.3 is 5.97 Å². The Hall–Kier alpha value is -2.36. The van der Waals surface area contributed by atoms with E-state index in [-0.39, 0.29) is 25.5 Å². The average molecular weight is 481 g/mol. The number of fused-ring (bicyclic) bond motifs is 1. The fourth-order valence-electron chi connectivity index (χ4n) is 3.45. The summed E-state index contributed by atoms with van der Waals surface area (Å²) in [5, 5.41) is 2.91. The standard InChI is InChI=1S/C25H40N2O7/c1-2-3-4-5-6-7-24(28)27-19-23(20-8-9-21-22(18-20)33-17-16-32-21)34-25(29)10-12-30-14-15-31-13-11-26/h8-9,18,23H,2-7,10-17,19,26H2,1H3,(H,27,28). The monoisotopic (exact) mass is 480 g/mol. The molecule has 1 unspecified atom stereocenters.